The fraction of sp³-hybridized carbons (Fsp3) is 0.400. The first-order chi connectivity index (χ1) is 13.5. The molecule has 2 aromatic carbocycles. The molecular weight excluding hydrogens is 407 g/mol. The van der Waals surface area contributed by atoms with Gasteiger partial charge in [0.1, 0.15) is 24.4 Å². The van der Waals surface area contributed by atoms with Gasteiger partial charge in [-0.25, -0.2) is 0 Å². The van der Waals surface area contributed by atoms with Crippen LogP contribution in [0.5, 0.6) is 0 Å². The number of aliphatic hydroxyl groups excluding tert-OH is 2. The number of halogens is 2. The van der Waals surface area contributed by atoms with Crippen molar-refractivity contribution in [2.45, 2.75) is 37.0 Å². The third kappa shape index (κ3) is 4.06. The molecule has 0 saturated carbocycles. The summed E-state index contributed by atoms with van der Waals surface area (Å²) in [5, 5.41) is 22.2. The van der Waals surface area contributed by atoms with Gasteiger partial charge in [0.25, 0.3) is 0 Å². The lowest BCUT2D eigenvalue weighted by atomic mass is 10.0. The van der Waals surface area contributed by atoms with Crippen LogP contribution in [-0.2, 0) is 18.9 Å². The highest BCUT2D eigenvalue weighted by Gasteiger charge is 2.44. The van der Waals surface area contributed by atoms with E-state index in [1.54, 1.807) is 36.4 Å². The van der Waals surface area contributed by atoms with Crippen molar-refractivity contribution < 1.29 is 29.2 Å². The lowest BCUT2D eigenvalue weighted by Crippen LogP contribution is -2.54. The Morgan fingerprint density at radius 2 is 1.32 bits per heavy atom. The molecule has 150 valence electrons. The van der Waals surface area contributed by atoms with E-state index in [4.69, 9.17) is 42.1 Å². The number of benzene rings is 2. The van der Waals surface area contributed by atoms with Gasteiger partial charge < -0.3 is 29.2 Å². The SMILES string of the molecule is O[C@@H]1[C@H]2OC(c3ccccc3Cl)O[C@H]1COC(c1ccccc1Cl)OC[C@H]2O. The largest absolute Gasteiger partial charge is 0.388 e. The summed E-state index contributed by atoms with van der Waals surface area (Å²) in [6.45, 7) is -0.0931. The van der Waals surface area contributed by atoms with E-state index < -0.39 is 37.0 Å². The molecule has 2 N–H and O–H groups in total. The molecular formula is C20H20Cl2O6. The van der Waals surface area contributed by atoms with Crippen LogP contribution in [-0.4, -0.2) is 47.8 Å². The predicted octanol–water partition coefficient (Wildman–Crippen LogP) is 3.24. The Morgan fingerprint density at radius 1 is 0.750 bits per heavy atom. The Morgan fingerprint density at radius 3 is 1.96 bits per heavy atom. The van der Waals surface area contributed by atoms with Crippen LogP contribution in [0, 0.1) is 0 Å². The van der Waals surface area contributed by atoms with Crippen LogP contribution in [0.2, 0.25) is 10.0 Å². The van der Waals surface area contributed by atoms with E-state index in [2.05, 4.69) is 0 Å². The van der Waals surface area contributed by atoms with Crippen LogP contribution in [0.15, 0.2) is 48.5 Å². The van der Waals surface area contributed by atoms with Gasteiger partial charge in [-0.1, -0.05) is 59.6 Å². The normalized spacial score (nSPS) is 33.6. The number of hydrogen-bond acceptors (Lipinski definition) is 6. The number of fused-ring (bicyclic) bond motifs is 2. The molecule has 0 aliphatic carbocycles. The average Bonchev–Trinajstić information content (AvgIpc) is 2.72. The molecule has 6 atom stereocenters. The third-order valence-corrected chi connectivity index (χ3v) is 5.51. The van der Waals surface area contributed by atoms with Crippen molar-refractivity contribution >= 4 is 23.2 Å². The van der Waals surface area contributed by atoms with Gasteiger partial charge in [-0.3, -0.25) is 0 Å². The minimum atomic E-state index is -1.10. The lowest BCUT2D eigenvalue weighted by Gasteiger charge is -2.40. The van der Waals surface area contributed by atoms with E-state index in [0.717, 1.165) is 0 Å². The maximum Gasteiger partial charge on any atom is 0.186 e. The van der Waals surface area contributed by atoms with Gasteiger partial charge in [-0.15, -0.1) is 0 Å². The van der Waals surface area contributed by atoms with Gasteiger partial charge in [-0.2, -0.15) is 0 Å². The fourth-order valence-corrected chi connectivity index (χ4v) is 3.78. The summed E-state index contributed by atoms with van der Waals surface area (Å²) in [7, 11) is 0. The molecule has 2 fully saturated rings. The predicted molar refractivity (Wildman–Crippen MR) is 102 cm³/mol. The first-order valence-electron chi connectivity index (χ1n) is 8.93. The summed E-state index contributed by atoms with van der Waals surface area (Å²) in [6, 6.07) is 14.2. The molecule has 6 nitrogen and oxygen atoms in total. The highest BCUT2D eigenvalue weighted by Crippen LogP contribution is 2.37. The van der Waals surface area contributed by atoms with Crippen LogP contribution >= 0.6 is 23.2 Å². The maximum absolute atomic E-state index is 10.6. The van der Waals surface area contributed by atoms with Crippen molar-refractivity contribution in [3.8, 4) is 0 Å². The van der Waals surface area contributed by atoms with Crippen molar-refractivity contribution in [3.05, 3.63) is 69.7 Å². The monoisotopic (exact) mass is 426 g/mol. The molecule has 2 aromatic rings. The van der Waals surface area contributed by atoms with Crippen molar-refractivity contribution in [1.82, 2.24) is 0 Å². The molecule has 0 amide bonds. The van der Waals surface area contributed by atoms with Crippen molar-refractivity contribution in [2.75, 3.05) is 13.2 Å². The van der Waals surface area contributed by atoms with Crippen LogP contribution in [0.1, 0.15) is 23.7 Å². The van der Waals surface area contributed by atoms with Gasteiger partial charge in [-0.05, 0) is 12.1 Å². The van der Waals surface area contributed by atoms with Gasteiger partial charge in [0.2, 0.25) is 0 Å². The minimum absolute atomic E-state index is 0.0184. The molecule has 28 heavy (non-hydrogen) atoms. The maximum atomic E-state index is 10.6. The molecule has 2 aliphatic rings. The van der Waals surface area contributed by atoms with Gasteiger partial charge >= 0.3 is 0 Å². The molecule has 0 spiro atoms. The highest BCUT2D eigenvalue weighted by atomic mass is 35.5. The van der Waals surface area contributed by atoms with Crippen LogP contribution in [0.25, 0.3) is 0 Å². The van der Waals surface area contributed by atoms with E-state index in [1.165, 1.54) is 0 Å². The minimum Gasteiger partial charge on any atom is -0.388 e. The van der Waals surface area contributed by atoms with Crippen LogP contribution in [0.4, 0.5) is 0 Å². The van der Waals surface area contributed by atoms with Gasteiger partial charge in [0.05, 0.1) is 13.2 Å². The zero-order valence-corrected chi connectivity index (χ0v) is 16.3. The van der Waals surface area contributed by atoms with E-state index in [9.17, 15) is 10.2 Å². The summed E-state index contributed by atoms with van der Waals surface area (Å²) in [5.74, 6) is 0. The Hall–Kier alpha value is -1.22. The number of ether oxygens (including phenoxy) is 4. The molecule has 2 heterocycles. The second-order valence-corrected chi connectivity index (χ2v) is 7.52. The Labute approximate surface area is 172 Å². The smallest absolute Gasteiger partial charge is 0.186 e. The Balaban J connectivity index is 1.60. The molecule has 2 bridgehead atoms. The topological polar surface area (TPSA) is 77.4 Å². The number of rotatable bonds is 2. The van der Waals surface area contributed by atoms with Crippen LogP contribution < -0.4 is 0 Å². The summed E-state index contributed by atoms with van der Waals surface area (Å²) in [6.07, 6.45) is -5.52. The summed E-state index contributed by atoms with van der Waals surface area (Å²) < 4.78 is 23.3. The summed E-state index contributed by atoms with van der Waals surface area (Å²) >= 11 is 12.5. The van der Waals surface area contributed by atoms with E-state index >= 15 is 0 Å². The standard InChI is InChI=1S/C20H20Cl2O6/c21-13-7-3-1-5-11(13)19-25-9-15(23)18-17(24)16(10-26-19)27-20(28-18)12-6-2-4-8-14(12)22/h1-8,15-20,23-24H,9-10H2/t15-,16+,17+,18+,19?,20?/m1/s1. The Kier molecular flexibility index (Phi) is 6.20. The molecule has 8 heteroatoms. The van der Waals surface area contributed by atoms with Gasteiger partial charge in [0.15, 0.2) is 12.6 Å². The fourth-order valence-electron chi connectivity index (χ4n) is 3.33. The Bertz CT molecular complexity index is 819. The quantitative estimate of drug-likeness (QED) is 0.767. The summed E-state index contributed by atoms with van der Waals surface area (Å²) in [4.78, 5) is 0. The molecule has 2 aliphatic heterocycles. The van der Waals surface area contributed by atoms with E-state index in [0.29, 0.717) is 21.2 Å². The second-order valence-electron chi connectivity index (χ2n) is 6.71. The van der Waals surface area contributed by atoms with Crippen LogP contribution in [0.3, 0.4) is 0 Å². The zero-order valence-electron chi connectivity index (χ0n) is 14.8. The number of hydrogen-bond donors (Lipinski definition) is 2. The summed E-state index contributed by atoms with van der Waals surface area (Å²) in [5.41, 5.74) is 1.24. The molecule has 4 rings (SSSR count). The molecule has 0 aromatic heterocycles. The van der Waals surface area contributed by atoms with E-state index in [1.807, 2.05) is 12.1 Å². The molecule has 0 radical (unpaired) electrons. The first kappa shape index (κ1) is 20.1. The first-order valence-corrected chi connectivity index (χ1v) is 9.69. The lowest BCUT2D eigenvalue weighted by molar-refractivity contribution is -0.308. The second kappa shape index (κ2) is 8.65. The molecule has 2 saturated heterocycles. The van der Waals surface area contributed by atoms with Gasteiger partial charge in [0, 0.05) is 21.2 Å². The zero-order chi connectivity index (χ0) is 19.7. The highest BCUT2D eigenvalue weighted by molar-refractivity contribution is 6.31. The third-order valence-electron chi connectivity index (χ3n) is 4.82. The van der Waals surface area contributed by atoms with Crippen molar-refractivity contribution in [3.63, 3.8) is 0 Å². The number of aliphatic hydroxyl groups is 2. The van der Waals surface area contributed by atoms with Crippen molar-refractivity contribution in [2.24, 2.45) is 0 Å². The average molecular weight is 427 g/mol. The molecule has 2 unspecified atom stereocenters. The van der Waals surface area contributed by atoms with E-state index in [-0.39, 0.29) is 13.2 Å². The van der Waals surface area contributed by atoms with Crippen molar-refractivity contribution in [1.29, 1.82) is 0 Å².